The first-order chi connectivity index (χ1) is 7.75. The fourth-order valence-corrected chi connectivity index (χ4v) is 1.25. The number of aromatic nitrogens is 2. The highest BCUT2D eigenvalue weighted by atomic mass is 16.6. The molecule has 0 radical (unpaired) electrons. The van der Waals surface area contributed by atoms with Crippen LogP contribution in [0.15, 0.2) is 17.5 Å². The van der Waals surface area contributed by atoms with Gasteiger partial charge in [0.15, 0.2) is 0 Å². The Kier molecular flexibility index (Phi) is 3.09. The van der Waals surface area contributed by atoms with Gasteiger partial charge in [0, 0.05) is 12.6 Å². The number of carbonyl (C=O) groups is 1. The van der Waals surface area contributed by atoms with Gasteiger partial charge in [-0.2, -0.15) is 0 Å². The Labute approximate surface area is 92.7 Å². The number of amides is 1. The van der Waals surface area contributed by atoms with E-state index in [1.807, 2.05) is 6.92 Å². The molecule has 0 bridgehead atoms. The van der Waals surface area contributed by atoms with Gasteiger partial charge in [-0.3, -0.25) is 9.78 Å². The quantitative estimate of drug-likeness (QED) is 0.794. The van der Waals surface area contributed by atoms with Crippen molar-refractivity contribution in [2.45, 2.75) is 13.3 Å². The first-order valence-corrected chi connectivity index (χ1v) is 5.00. The van der Waals surface area contributed by atoms with Gasteiger partial charge in [0.25, 0.3) is 5.91 Å². The highest BCUT2D eigenvalue weighted by Gasteiger charge is 2.11. The third-order valence-electron chi connectivity index (χ3n) is 2.14. The summed E-state index contributed by atoms with van der Waals surface area (Å²) in [6.45, 7) is 2.81. The van der Waals surface area contributed by atoms with Crippen molar-refractivity contribution in [3.8, 4) is 0 Å². The van der Waals surface area contributed by atoms with Crippen LogP contribution in [0.2, 0.25) is 0 Å². The molecule has 0 fully saturated rings. The van der Waals surface area contributed by atoms with E-state index in [9.17, 15) is 4.79 Å². The lowest BCUT2D eigenvalue weighted by Gasteiger charge is -2.02. The van der Waals surface area contributed by atoms with E-state index in [2.05, 4.69) is 20.4 Å². The topological polar surface area (TPSA) is 76.5 Å². The first kappa shape index (κ1) is 10.5. The minimum Gasteiger partial charge on any atom is -0.395 e. The SMILES string of the molecule is Cc1cnc(C(=O)NCC2=NOCC2)cn1. The number of aryl methyl sites for hydroxylation is 1. The normalized spacial score (nSPS) is 14.2. The van der Waals surface area contributed by atoms with Crippen LogP contribution in [0.1, 0.15) is 22.6 Å². The van der Waals surface area contributed by atoms with Crippen molar-refractivity contribution < 1.29 is 9.63 Å². The fourth-order valence-electron chi connectivity index (χ4n) is 1.25. The van der Waals surface area contributed by atoms with Crippen molar-refractivity contribution in [3.63, 3.8) is 0 Å². The molecule has 2 rings (SSSR count). The third kappa shape index (κ3) is 2.53. The number of hydrogen-bond acceptors (Lipinski definition) is 5. The number of oxime groups is 1. The van der Waals surface area contributed by atoms with Crippen molar-refractivity contribution in [3.05, 3.63) is 23.8 Å². The maximum absolute atomic E-state index is 11.6. The van der Waals surface area contributed by atoms with Crippen molar-refractivity contribution in [1.29, 1.82) is 0 Å². The molecule has 0 unspecified atom stereocenters. The second-order valence-corrected chi connectivity index (χ2v) is 3.47. The van der Waals surface area contributed by atoms with Crippen LogP contribution < -0.4 is 5.32 Å². The number of rotatable bonds is 3. The predicted octanol–water partition coefficient (Wildman–Crippen LogP) is 0.291. The Hall–Kier alpha value is -1.98. The molecule has 2 heterocycles. The largest absolute Gasteiger partial charge is 0.395 e. The van der Waals surface area contributed by atoms with Gasteiger partial charge < -0.3 is 10.2 Å². The zero-order chi connectivity index (χ0) is 11.4. The Morgan fingerprint density at radius 1 is 1.50 bits per heavy atom. The molecule has 1 N–H and O–H groups in total. The van der Waals surface area contributed by atoms with Gasteiger partial charge in [0.2, 0.25) is 0 Å². The lowest BCUT2D eigenvalue weighted by molar-refractivity contribution is 0.0954. The van der Waals surface area contributed by atoms with Gasteiger partial charge in [0.05, 0.1) is 24.1 Å². The summed E-state index contributed by atoms with van der Waals surface area (Å²) in [5, 5.41) is 6.49. The molecule has 6 heteroatoms. The van der Waals surface area contributed by atoms with Crippen LogP contribution in [0, 0.1) is 6.92 Å². The van der Waals surface area contributed by atoms with Crippen LogP contribution in [0.3, 0.4) is 0 Å². The van der Waals surface area contributed by atoms with Gasteiger partial charge in [0.1, 0.15) is 12.3 Å². The molecule has 84 valence electrons. The Bertz CT molecular complexity index is 413. The molecule has 0 atom stereocenters. The van der Waals surface area contributed by atoms with Gasteiger partial charge in [-0.1, -0.05) is 5.16 Å². The minimum absolute atomic E-state index is 0.248. The zero-order valence-electron chi connectivity index (χ0n) is 8.93. The number of carbonyl (C=O) groups excluding carboxylic acids is 1. The molecule has 0 saturated heterocycles. The van der Waals surface area contributed by atoms with Gasteiger partial charge in [-0.25, -0.2) is 4.98 Å². The van der Waals surface area contributed by atoms with Gasteiger partial charge >= 0.3 is 0 Å². The smallest absolute Gasteiger partial charge is 0.271 e. The summed E-state index contributed by atoms with van der Waals surface area (Å²) in [6, 6.07) is 0. The summed E-state index contributed by atoms with van der Waals surface area (Å²) < 4.78 is 0. The van der Waals surface area contributed by atoms with Gasteiger partial charge in [-0.05, 0) is 6.92 Å². The molecule has 0 saturated carbocycles. The average Bonchev–Trinajstić information content (AvgIpc) is 2.80. The van der Waals surface area contributed by atoms with E-state index in [4.69, 9.17) is 4.84 Å². The van der Waals surface area contributed by atoms with Crippen molar-refractivity contribution in [1.82, 2.24) is 15.3 Å². The monoisotopic (exact) mass is 220 g/mol. The Morgan fingerprint density at radius 3 is 3.00 bits per heavy atom. The summed E-state index contributed by atoms with van der Waals surface area (Å²) in [6.07, 6.45) is 3.78. The van der Waals surface area contributed by atoms with E-state index < -0.39 is 0 Å². The summed E-state index contributed by atoms with van der Waals surface area (Å²) in [5.41, 5.74) is 1.93. The molecule has 1 aromatic rings. The summed E-state index contributed by atoms with van der Waals surface area (Å²) in [4.78, 5) is 24.4. The molecule has 1 aliphatic heterocycles. The summed E-state index contributed by atoms with van der Waals surface area (Å²) in [7, 11) is 0. The van der Waals surface area contributed by atoms with Crippen LogP contribution in [-0.4, -0.2) is 34.7 Å². The molecule has 0 spiro atoms. The standard InChI is InChI=1S/C10H12N4O2/c1-7-4-12-9(6-11-7)10(15)13-5-8-2-3-16-14-8/h4,6H,2-3,5H2,1H3,(H,13,15). The predicted molar refractivity (Wildman–Crippen MR) is 57.1 cm³/mol. The highest BCUT2D eigenvalue weighted by Crippen LogP contribution is 1.99. The van der Waals surface area contributed by atoms with E-state index in [0.29, 0.717) is 18.8 Å². The fraction of sp³-hybridized carbons (Fsp3) is 0.400. The van der Waals surface area contributed by atoms with E-state index in [1.54, 1.807) is 6.20 Å². The van der Waals surface area contributed by atoms with Crippen molar-refractivity contribution >= 4 is 11.6 Å². The second kappa shape index (κ2) is 4.69. The molecule has 1 aliphatic rings. The molecule has 0 aliphatic carbocycles. The second-order valence-electron chi connectivity index (χ2n) is 3.47. The first-order valence-electron chi connectivity index (χ1n) is 5.00. The number of nitrogens with zero attached hydrogens (tertiary/aromatic N) is 3. The van der Waals surface area contributed by atoms with Gasteiger partial charge in [-0.15, -0.1) is 0 Å². The summed E-state index contributed by atoms with van der Waals surface area (Å²) >= 11 is 0. The lowest BCUT2D eigenvalue weighted by atomic mass is 10.3. The Balaban J connectivity index is 1.90. The summed E-state index contributed by atoms with van der Waals surface area (Å²) in [5.74, 6) is -0.248. The lowest BCUT2D eigenvalue weighted by Crippen LogP contribution is -2.29. The van der Waals surface area contributed by atoms with E-state index in [1.165, 1.54) is 6.20 Å². The Morgan fingerprint density at radius 2 is 2.38 bits per heavy atom. The van der Waals surface area contributed by atoms with Crippen LogP contribution in [-0.2, 0) is 4.84 Å². The maximum Gasteiger partial charge on any atom is 0.271 e. The molecule has 1 aromatic heterocycles. The molecular formula is C10H12N4O2. The highest BCUT2D eigenvalue weighted by molar-refractivity contribution is 5.96. The van der Waals surface area contributed by atoms with Crippen LogP contribution in [0.25, 0.3) is 0 Å². The molecule has 0 aromatic carbocycles. The van der Waals surface area contributed by atoms with Crippen molar-refractivity contribution in [2.75, 3.05) is 13.2 Å². The molecular weight excluding hydrogens is 208 g/mol. The zero-order valence-corrected chi connectivity index (χ0v) is 8.93. The van der Waals surface area contributed by atoms with E-state index in [-0.39, 0.29) is 5.91 Å². The van der Waals surface area contributed by atoms with E-state index in [0.717, 1.165) is 17.8 Å². The van der Waals surface area contributed by atoms with E-state index >= 15 is 0 Å². The van der Waals surface area contributed by atoms with Crippen LogP contribution in [0.5, 0.6) is 0 Å². The van der Waals surface area contributed by atoms with Crippen LogP contribution in [0.4, 0.5) is 0 Å². The molecule has 6 nitrogen and oxygen atoms in total. The number of hydrogen-bond donors (Lipinski definition) is 1. The maximum atomic E-state index is 11.6. The molecule has 16 heavy (non-hydrogen) atoms. The average molecular weight is 220 g/mol. The third-order valence-corrected chi connectivity index (χ3v) is 2.14. The minimum atomic E-state index is -0.248. The number of nitrogens with one attached hydrogen (secondary N) is 1. The van der Waals surface area contributed by atoms with Crippen LogP contribution >= 0.6 is 0 Å². The molecule has 1 amide bonds. The van der Waals surface area contributed by atoms with Crippen molar-refractivity contribution in [2.24, 2.45) is 5.16 Å².